The average molecular weight is 328 g/mol. The van der Waals surface area contributed by atoms with Crippen LogP contribution in [0.1, 0.15) is 6.92 Å². The van der Waals surface area contributed by atoms with Crippen molar-refractivity contribution in [1.29, 1.82) is 0 Å². The minimum absolute atomic E-state index is 0.0486. The molecule has 0 aliphatic carbocycles. The van der Waals surface area contributed by atoms with Crippen LogP contribution in [0.25, 0.3) is 0 Å². The van der Waals surface area contributed by atoms with Crippen LogP contribution in [0.3, 0.4) is 0 Å². The molecule has 0 saturated carbocycles. The maximum Gasteiger partial charge on any atom is 0.232 e. The van der Waals surface area contributed by atoms with E-state index in [9.17, 15) is 8.42 Å². The molecule has 3 nitrogen and oxygen atoms in total. The summed E-state index contributed by atoms with van der Waals surface area (Å²) in [5.74, 6) is 0.0486. The van der Waals surface area contributed by atoms with Gasteiger partial charge in [-0.2, -0.15) is 0 Å². The standard InChI is InChI=1S/C14H14ClNO2S2/c1-2-20(17,18)16-13-5-3-4-6-14(13)19-12-9-7-11(15)8-10-12/h3-10,16H,2H2,1H3. The third-order valence-corrected chi connectivity index (χ3v) is 5.20. The van der Waals surface area contributed by atoms with Crippen LogP contribution < -0.4 is 4.72 Å². The molecule has 0 heterocycles. The number of anilines is 1. The first-order valence-electron chi connectivity index (χ1n) is 6.03. The number of rotatable bonds is 5. The van der Waals surface area contributed by atoms with Gasteiger partial charge in [0.2, 0.25) is 10.0 Å². The maximum atomic E-state index is 11.7. The van der Waals surface area contributed by atoms with Crippen molar-refractivity contribution in [3.8, 4) is 0 Å². The highest BCUT2D eigenvalue weighted by Gasteiger charge is 2.10. The zero-order chi connectivity index (χ0) is 14.6. The van der Waals surface area contributed by atoms with Crippen LogP contribution in [0, 0.1) is 0 Å². The Morgan fingerprint density at radius 1 is 1.10 bits per heavy atom. The molecule has 0 bridgehead atoms. The number of para-hydroxylation sites is 1. The van der Waals surface area contributed by atoms with Crippen molar-refractivity contribution in [3.63, 3.8) is 0 Å². The number of sulfonamides is 1. The van der Waals surface area contributed by atoms with E-state index in [1.807, 2.05) is 36.4 Å². The molecule has 0 fully saturated rings. The van der Waals surface area contributed by atoms with E-state index in [4.69, 9.17) is 11.6 Å². The van der Waals surface area contributed by atoms with E-state index in [0.717, 1.165) is 9.79 Å². The summed E-state index contributed by atoms with van der Waals surface area (Å²) in [4.78, 5) is 1.85. The molecule has 0 aromatic heterocycles. The van der Waals surface area contributed by atoms with Gasteiger partial charge in [0.1, 0.15) is 0 Å². The Hall–Kier alpha value is -1.17. The van der Waals surface area contributed by atoms with Crippen molar-refractivity contribution < 1.29 is 8.42 Å². The highest BCUT2D eigenvalue weighted by molar-refractivity contribution is 7.99. The Balaban J connectivity index is 2.26. The summed E-state index contributed by atoms with van der Waals surface area (Å²) in [5, 5.41) is 0.675. The van der Waals surface area contributed by atoms with E-state index in [-0.39, 0.29) is 5.75 Å². The van der Waals surface area contributed by atoms with Crippen molar-refractivity contribution in [1.82, 2.24) is 0 Å². The molecular weight excluding hydrogens is 314 g/mol. The van der Waals surface area contributed by atoms with Crippen molar-refractivity contribution in [3.05, 3.63) is 53.6 Å². The second-order valence-corrected chi connectivity index (χ2v) is 7.62. The lowest BCUT2D eigenvalue weighted by molar-refractivity contribution is 0.602. The second-order valence-electron chi connectivity index (χ2n) is 4.06. The molecule has 6 heteroatoms. The van der Waals surface area contributed by atoms with E-state index in [0.29, 0.717) is 10.7 Å². The van der Waals surface area contributed by atoms with Crippen LogP contribution >= 0.6 is 23.4 Å². The first kappa shape index (κ1) is 15.2. The van der Waals surface area contributed by atoms with Gasteiger partial charge in [-0.1, -0.05) is 35.5 Å². The van der Waals surface area contributed by atoms with Gasteiger partial charge < -0.3 is 0 Å². The van der Waals surface area contributed by atoms with Crippen molar-refractivity contribution in [2.24, 2.45) is 0 Å². The fourth-order valence-corrected chi connectivity index (χ4v) is 3.26. The van der Waals surface area contributed by atoms with Gasteiger partial charge in [-0.25, -0.2) is 8.42 Å². The lowest BCUT2D eigenvalue weighted by Gasteiger charge is -2.11. The normalized spacial score (nSPS) is 11.3. The zero-order valence-electron chi connectivity index (χ0n) is 10.8. The number of benzene rings is 2. The number of halogens is 1. The summed E-state index contributed by atoms with van der Waals surface area (Å²) in [7, 11) is -3.28. The molecule has 20 heavy (non-hydrogen) atoms. The highest BCUT2D eigenvalue weighted by atomic mass is 35.5. The third kappa shape index (κ3) is 4.16. The van der Waals surface area contributed by atoms with Crippen molar-refractivity contribution >= 4 is 39.1 Å². The van der Waals surface area contributed by atoms with Gasteiger partial charge in [0.25, 0.3) is 0 Å². The summed E-state index contributed by atoms with van der Waals surface area (Å²) < 4.78 is 26.0. The van der Waals surface area contributed by atoms with Crippen LogP contribution in [0.4, 0.5) is 5.69 Å². The van der Waals surface area contributed by atoms with Gasteiger partial charge in [-0.15, -0.1) is 0 Å². The number of hydrogen-bond donors (Lipinski definition) is 1. The summed E-state index contributed by atoms with van der Waals surface area (Å²) in [6.07, 6.45) is 0. The van der Waals surface area contributed by atoms with Crippen LogP contribution in [-0.4, -0.2) is 14.2 Å². The van der Waals surface area contributed by atoms with Gasteiger partial charge in [0, 0.05) is 14.8 Å². The smallest absolute Gasteiger partial charge is 0.232 e. The molecule has 0 aliphatic heterocycles. The first-order chi connectivity index (χ1) is 9.50. The Morgan fingerprint density at radius 3 is 2.40 bits per heavy atom. The van der Waals surface area contributed by atoms with E-state index in [2.05, 4.69) is 4.72 Å². The minimum Gasteiger partial charge on any atom is -0.282 e. The van der Waals surface area contributed by atoms with E-state index in [1.165, 1.54) is 11.8 Å². The topological polar surface area (TPSA) is 46.2 Å². The molecule has 0 spiro atoms. The molecule has 2 rings (SSSR count). The Morgan fingerprint density at radius 2 is 1.75 bits per heavy atom. The Labute approximate surface area is 128 Å². The summed E-state index contributed by atoms with van der Waals surface area (Å²) in [5.41, 5.74) is 0.592. The fraction of sp³-hybridized carbons (Fsp3) is 0.143. The number of hydrogen-bond acceptors (Lipinski definition) is 3. The van der Waals surface area contributed by atoms with E-state index >= 15 is 0 Å². The lowest BCUT2D eigenvalue weighted by Crippen LogP contribution is -2.15. The molecule has 0 radical (unpaired) electrons. The Bertz CT molecular complexity index is 685. The van der Waals surface area contributed by atoms with Gasteiger partial charge in [0.15, 0.2) is 0 Å². The lowest BCUT2D eigenvalue weighted by atomic mass is 10.3. The molecule has 0 aliphatic rings. The van der Waals surface area contributed by atoms with Gasteiger partial charge in [0.05, 0.1) is 11.4 Å². The van der Waals surface area contributed by atoms with Gasteiger partial charge in [-0.3, -0.25) is 4.72 Å². The van der Waals surface area contributed by atoms with Crippen molar-refractivity contribution in [2.45, 2.75) is 16.7 Å². The molecule has 0 saturated heterocycles. The molecule has 106 valence electrons. The molecule has 2 aromatic carbocycles. The third-order valence-electron chi connectivity index (χ3n) is 2.57. The van der Waals surface area contributed by atoms with E-state index < -0.39 is 10.0 Å². The van der Waals surface area contributed by atoms with Crippen LogP contribution in [0.2, 0.25) is 5.02 Å². The van der Waals surface area contributed by atoms with E-state index in [1.54, 1.807) is 19.1 Å². The quantitative estimate of drug-likeness (QED) is 0.892. The maximum absolute atomic E-state index is 11.7. The Kier molecular flexibility index (Phi) is 4.96. The monoisotopic (exact) mass is 327 g/mol. The molecule has 2 aromatic rings. The van der Waals surface area contributed by atoms with Gasteiger partial charge in [-0.05, 0) is 43.3 Å². The molecule has 0 unspecified atom stereocenters. The summed E-state index contributed by atoms with van der Waals surface area (Å²) >= 11 is 7.34. The molecule has 0 atom stereocenters. The number of nitrogens with one attached hydrogen (secondary N) is 1. The molecule has 1 N–H and O–H groups in total. The summed E-state index contributed by atoms with van der Waals surface area (Å²) in [6.45, 7) is 1.61. The second kappa shape index (κ2) is 6.52. The van der Waals surface area contributed by atoms with Crippen LogP contribution in [0.5, 0.6) is 0 Å². The van der Waals surface area contributed by atoms with Gasteiger partial charge >= 0.3 is 0 Å². The SMILES string of the molecule is CCS(=O)(=O)Nc1ccccc1Sc1ccc(Cl)cc1. The zero-order valence-corrected chi connectivity index (χ0v) is 13.2. The average Bonchev–Trinajstić information content (AvgIpc) is 2.43. The predicted molar refractivity (Wildman–Crippen MR) is 85.1 cm³/mol. The largest absolute Gasteiger partial charge is 0.282 e. The fourth-order valence-electron chi connectivity index (χ4n) is 1.51. The minimum atomic E-state index is -3.28. The molecule has 0 amide bonds. The highest BCUT2D eigenvalue weighted by Crippen LogP contribution is 2.34. The molecular formula is C14H14ClNO2S2. The first-order valence-corrected chi connectivity index (χ1v) is 8.88. The van der Waals surface area contributed by atoms with Crippen LogP contribution in [-0.2, 0) is 10.0 Å². The van der Waals surface area contributed by atoms with Crippen molar-refractivity contribution in [2.75, 3.05) is 10.5 Å². The van der Waals surface area contributed by atoms with Crippen LogP contribution in [0.15, 0.2) is 58.3 Å². The summed E-state index contributed by atoms with van der Waals surface area (Å²) in [6, 6.07) is 14.7. The predicted octanol–water partition coefficient (Wildman–Crippen LogP) is 4.25.